The van der Waals surface area contributed by atoms with Gasteiger partial charge in [0, 0.05) is 14.1 Å². The van der Waals surface area contributed by atoms with Crippen LogP contribution in [0.3, 0.4) is 0 Å². The standard InChI is InChI=1S/C20H26N4O2P2S2/c1-5-20(2,26-19-12-8-17(9-13-19)14-21-23(3)27-29)28(30)24(4)22-15-16-6-10-18(25)11-7-16/h6-15,25,28H,5H2,1-4H3. The molecule has 0 bridgehead atoms. The molecule has 0 aromatic heterocycles. The highest BCUT2D eigenvalue weighted by molar-refractivity contribution is 8.04. The Balaban J connectivity index is 2.07. The van der Waals surface area contributed by atoms with Gasteiger partial charge in [0.1, 0.15) is 24.3 Å². The molecule has 2 rings (SSSR count). The van der Waals surface area contributed by atoms with E-state index in [1.807, 2.05) is 50.1 Å². The number of hydrogen-bond acceptors (Lipinski definition) is 6. The third kappa shape index (κ3) is 7.13. The molecule has 0 saturated heterocycles. The van der Waals surface area contributed by atoms with E-state index in [1.54, 1.807) is 41.5 Å². The van der Waals surface area contributed by atoms with Crippen molar-refractivity contribution in [3.8, 4) is 11.5 Å². The van der Waals surface area contributed by atoms with Gasteiger partial charge in [-0.2, -0.15) is 10.2 Å². The molecule has 10 heteroatoms. The number of hydrazone groups is 2. The van der Waals surface area contributed by atoms with Crippen molar-refractivity contribution >= 4 is 50.4 Å². The predicted molar refractivity (Wildman–Crippen MR) is 135 cm³/mol. The van der Waals surface area contributed by atoms with Gasteiger partial charge in [0.15, 0.2) is 0 Å². The second kappa shape index (κ2) is 11.5. The maximum atomic E-state index is 9.39. The third-order valence-corrected chi connectivity index (χ3v) is 9.61. The third-order valence-electron chi connectivity index (χ3n) is 4.41. The van der Waals surface area contributed by atoms with Crippen LogP contribution < -0.4 is 4.74 Å². The Morgan fingerprint density at radius 2 is 1.60 bits per heavy atom. The molecule has 1 N–H and O–H groups in total. The van der Waals surface area contributed by atoms with Crippen LogP contribution in [-0.2, 0) is 23.6 Å². The van der Waals surface area contributed by atoms with Crippen molar-refractivity contribution < 1.29 is 9.84 Å². The Bertz CT molecular complexity index is 923. The summed E-state index contributed by atoms with van der Waals surface area (Å²) in [4.78, 5) is 0. The average Bonchev–Trinajstić information content (AvgIpc) is 2.77. The summed E-state index contributed by atoms with van der Waals surface area (Å²) < 4.78 is 9.80. The first-order valence-electron chi connectivity index (χ1n) is 9.28. The molecule has 160 valence electrons. The van der Waals surface area contributed by atoms with Crippen molar-refractivity contribution in [1.82, 2.24) is 9.56 Å². The number of phenolic OH excluding ortho intramolecular Hbond substituents is 1. The summed E-state index contributed by atoms with van der Waals surface area (Å²) in [6.45, 7) is 2.54. The Hall–Kier alpha value is -1.85. The normalized spacial score (nSPS) is 14.7. The Kier molecular flexibility index (Phi) is 9.37. The van der Waals surface area contributed by atoms with E-state index >= 15 is 0 Å². The van der Waals surface area contributed by atoms with Gasteiger partial charge in [-0.25, -0.2) is 4.78 Å². The summed E-state index contributed by atoms with van der Waals surface area (Å²) in [5, 5.41) is 17.6. The van der Waals surface area contributed by atoms with E-state index < -0.39 is 12.2 Å². The van der Waals surface area contributed by atoms with Crippen LogP contribution in [-0.4, -0.2) is 46.5 Å². The number of aromatic hydroxyl groups is 1. The monoisotopic (exact) mass is 480 g/mol. The number of ether oxygens (including phenoxy) is 1. The molecule has 6 nitrogen and oxygen atoms in total. The molecule has 0 heterocycles. The minimum Gasteiger partial charge on any atom is -0.508 e. The van der Waals surface area contributed by atoms with Gasteiger partial charge < -0.3 is 9.84 Å². The van der Waals surface area contributed by atoms with E-state index in [4.69, 9.17) is 28.4 Å². The van der Waals surface area contributed by atoms with E-state index in [1.165, 1.54) is 0 Å². The summed E-state index contributed by atoms with van der Waals surface area (Å²) >= 11 is 10.8. The minimum absolute atomic E-state index is 0.227. The largest absolute Gasteiger partial charge is 0.508 e. The number of rotatable bonds is 10. The SMILES string of the molecule is CCC(C)(Oc1ccc(C=NN(C)P=S)cc1)[PH](=S)N(C)N=Cc1ccc(O)cc1. The van der Waals surface area contributed by atoms with Gasteiger partial charge in [0.2, 0.25) is 0 Å². The molecule has 2 aromatic rings. The van der Waals surface area contributed by atoms with Gasteiger partial charge in [-0.15, -0.1) is 0 Å². The quantitative estimate of drug-likeness (QED) is 0.292. The van der Waals surface area contributed by atoms with Crippen molar-refractivity contribution in [2.45, 2.75) is 25.6 Å². The molecule has 0 saturated carbocycles. The minimum atomic E-state index is -1.56. The average molecular weight is 481 g/mol. The molecule has 0 aliphatic carbocycles. The lowest BCUT2D eigenvalue weighted by molar-refractivity contribution is 0.171. The highest BCUT2D eigenvalue weighted by Gasteiger charge is 2.31. The molecule has 0 spiro atoms. The number of phenols is 1. The zero-order chi connectivity index (χ0) is 22.1. The zero-order valence-corrected chi connectivity index (χ0v) is 20.9. The van der Waals surface area contributed by atoms with Gasteiger partial charge in [-0.1, -0.05) is 18.7 Å². The van der Waals surface area contributed by atoms with Crippen LogP contribution in [0.2, 0.25) is 0 Å². The van der Waals surface area contributed by atoms with Crippen molar-refractivity contribution in [2.75, 3.05) is 14.1 Å². The second-order valence-electron chi connectivity index (χ2n) is 6.74. The van der Waals surface area contributed by atoms with Crippen LogP contribution in [0.1, 0.15) is 31.4 Å². The van der Waals surface area contributed by atoms with Crippen molar-refractivity contribution in [3.05, 3.63) is 59.7 Å². The van der Waals surface area contributed by atoms with E-state index in [2.05, 4.69) is 17.1 Å². The van der Waals surface area contributed by atoms with E-state index in [-0.39, 0.29) is 5.75 Å². The van der Waals surface area contributed by atoms with Gasteiger partial charge in [0.05, 0.1) is 19.3 Å². The van der Waals surface area contributed by atoms with E-state index in [9.17, 15) is 5.11 Å². The predicted octanol–water partition coefficient (Wildman–Crippen LogP) is 5.04. The topological polar surface area (TPSA) is 60.7 Å². The molecule has 2 unspecified atom stereocenters. The number of nitrogens with zero attached hydrogens (tertiary/aromatic N) is 4. The number of benzene rings is 2. The van der Waals surface area contributed by atoms with Crippen molar-refractivity contribution in [1.29, 1.82) is 0 Å². The molecule has 0 aliphatic heterocycles. The Morgan fingerprint density at radius 1 is 1.07 bits per heavy atom. The van der Waals surface area contributed by atoms with Gasteiger partial charge >= 0.3 is 0 Å². The maximum Gasteiger partial charge on any atom is 0.149 e. The molecule has 0 fully saturated rings. The zero-order valence-electron chi connectivity index (χ0n) is 17.4. The molecule has 0 aliphatic rings. The first kappa shape index (κ1) is 24.4. The fourth-order valence-corrected chi connectivity index (χ4v) is 4.70. The first-order chi connectivity index (χ1) is 14.3. The van der Waals surface area contributed by atoms with Crippen LogP contribution in [0.5, 0.6) is 11.5 Å². The maximum absolute atomic E-state index is 9.39. The lowest BCUT2D eigenvalue weighted by Gasteiger charge is -2.34. The fourth-order valence-electron chi connectivity index (χ4n) is 2.43. The molecule has 2 aromatic carbocycles. The summed E-state index contributed by atoms with van der Waals surface area (Å²) in [7, 11) is 4.37. The van der Waals surface area contributed by atoms with E-state index in [0.29, 0.717) is 7.51 Å². The molecule has 0 amide bonds. The Morgan fingerprint density at radius 3 is 2.13 bits per heavy atom. The van der Waals surface area contributed by atoms with Crippen LogP contribution in [0.25, 0.3) is 0 Å². The van der Waals surface area contributed by atoms with Crippen LogP contribution >= 0.6 is 14.4 Å². The highest BCUT2D eigenvalue weighted by Crippen LogP contribution is 2.45. The molecule has 0 radical (unpaired) electrons. The lowest BCUT2D eigenvalue weighted by Crippen LogP contribution is -2.30. The second-order valence-corrected chi connectivity index (χ2v) is 11.4. The fraction of sp³-hybridized carbons (Fsp3) is 0.300. The summed E-state index contributed by atoms with van der Waals surface area (Å²) in [5.41, 5.74) is 1.85. The first-order valence-corrected chi connectivity index (χ1v) is 13.7. The van der Waals surface area contributed by atoms with Crippen molar-refractivity contribution in [2.24, 2.45) is 10.2 Å². The van der Waals surface area contributed by atoms with Crippen LogP contribution in [0, 0.1) is 0 Å². The summed E-state index contributed by atoms with van der Waals surface area (Å²) in [6.07, 6.45) is 4.26. The Labute approximate surface area is 190 Å². The highest BCUT2D eigenvalue weighted by atomic mass is 32.4. The summed E-state index contributed by atoms with van der Waals surface area (Å²) in [6, 6.07) is 14.6. The molecular formula is C20H26N4O2P2S2. The van der Waals surface area contributed by atoms with Crippen LogP contribution in [0.4, 0.5) is 0 Å². The van der Waals surface area contributed by atoms with Gasteiger partial charge in [0.25, 0.3) is 0 Å². The molecule has 30 heavy (non-hydrogen) atoms. The van der Waals surface area contributed by atoms with Gasteiger partial charge in [-0.3, -0.25) is 4.78 Å². The van der Waals surface area contributed by atoms with E-state index in [0.717, 1.165) is 23.3 Å². The van der Waals surface area contributed by atoms with Gasteiger partial charge in [-0.05, 0) is 84.8 Å². The summed E-state index contributed by atoms with van der Waals surface area (Å²) in [5.74, 6) is 0.985. The lowest BCUT2D eigenvalue weighted by atomic mass is 10.2. The molecular weight excluding hydrogens is 454 g/mol. The number of hydrogen-bond donors (Lipinski definition) is 1. The molecule has 2 atom stereocenters. The van der Waals surface area contributed by atoms with Crippen LogP contribution in [0.15, 0.2) is 58.7 Å². The van der Waals surface area contributed by atoms with Crippen molar-refractivity contribution in [3.63, 3.8) is 0 Å². The smallest absolute Gasteiger partial charge is 0.149 e.